The average molecular weight is 301 g/mol. The maximum atomic E-state index is 12.1. The van der Waals surface area contributed by atoms with E-state index in [-0.39, 0.29) is 5.78 Å². The van der Waals surface area contributed by atoms with Crippen LogP contribution in [-0.2, 0) is 0 Å². The molecule has 1 nitrogen and oxygen atoms in total. The van der Waals surface area contributed by atoms with E-state index < -0.39 is 0 Å². The standard InChI is InChI=1S/C11H9BrOS2/c1-6-5-8(7(2)15-6)10(13)11-9(12)3-4-14-11/h3-5H,1-2H3. The second-order valence-electron chi connectivity index (χ2n) is 3.25. The van der Waals surface area contributed by atoms with Gasteiger partial charge in [0.15, 0.2) is 0 Å². The molecule has 0 amide bonds. The number of hydrogen-bond acceptors (Lipinski definition) is 3. The Hall–Kier alpha value is -0.450. The number of thiophene rings is 2. The van der Waals surface area contributed by atoms with Gasteiger partial charge in [-0.1, -0.05) is 0 Å². The van der Waals surface area contributed by atoms with Gasteiger partial charge < -0.3 is 0 Å². The first-order chi connectivity index (χ1) is 7.09. The molecule has 4 heteroatoms. The Kier molecular flexibility index (Phi) is 3.09. The maximum absolute atomic E-state index is 12.1. The summed E-state index contributed by atoms with van der Waals surface area (Å²) in [6.07, 6.45) is 0. The summed E-state index contributed by atoms with van der Waals surface area (Å²) in [6, 6.07) is 3.88. The molecule has 2 rings (SSSR count). The SMILES string of the molecule is Cc1cc(C(=O)c2sccc2Br)c(C)s1. The van der Waals surface area contributed by atoms with Gasteiger partial charge in [0.25, 0.3) is 0 Å². The topological polar surface area (TPSA) is 17.1 Å². The van der Waals surface area contributed by atoms with Gasteiger partial charge in [-0.05, 0) is 47.3 Å². The second-order valence-corrected chi connectivity index (χ2v) is 6.48. The van der Waals surface area contributed by atoms with Crippen LogP contribution in [0.2, 0.25) is 0 Å². The second kappa shape index (κ2) is 4.20. The van der Waals surface area contributed by atoms with Crippen LogP contribution in [0.1, 0.15) is 25.0 Å². The molecule has 0 fully saturated rings. The molecule has 0 aliphatic rings. The predicted molar refractivity (Wildman–Crippen MR) is 69.2 cm³/mol. The minimum atomic E-state index is 0.124. The van der Waals surface area contributed by atoms with Crippen molar-refractivity contribution in [1.82, 2.24) is 0 Å². The molecule has 2 heterocycles. The molecule has 15 heavy (non-hydrogen) atoms. The van der Waals surface area contributed by atoms with Gasteiger partial charge in [0.05, 0.1) is 4.88 Å². The number of halogens is 1. The molecule has 0 bridgehead atoms. The van der Waals surface area contributed by atoms with Gasteiger partial charge in [-0.15, -0.1) is 22.7 Å². The minimum Gasteiger partial charge on any atom is -0.288 e. The smallest absolute Gasteiger partial charge is 0.205 e. The fraction of sp³-hybridized carbons (Fsp3) is 0.182. The van der Waals surface area contributed by atoms with Crippen molar-refractivity contribution < 1.29 is 4.79 Å². The van der Waals surface area contributed by atoms with Crippen molar-refractivity contribution >= 4 is 44.4 Å². The first kappa shape index (κ1) is 11.0. The number of hydrogen-bond donors (Lipinski definition) is 0. The molecule has 2 aromatic heterocycles. The van der Waals surface area contributed by atoms with E-state index in [2.05, 4.69) is 15.9 Å². The molecule has 0 saturated carbocycles. The van der Waals surface area contributed by atoms with Gasteiger partial charge in [0.2, 0.25) is 5.78 Å². The fourth-order valence-corrected chi connectivity index (χ4v) is 3.86. The zero-order valence-corrected chi connectivity index (χ0v) is 11.6. The Bertz CT molecular complexity index is 510. The van der Waals surface area contributed by atoms with Crippen LogP contribution >= 0.6 is 38.6 Å². The lowest BCUT2D eigenvalue weighted by atomic mass is 10.1. The molecule has 78 valence electrons. The fourth-order valence-electron chi connectivity index (χ4n) is 1.43. The van der Waals surface area contributed by atoms with Crippen LogP contribution in [0.15, 0.2) is 22.0 Å². The summed E-state index contributed by atoms with van der Waals surface area (Å²) in [5, 5.41) is 1.92. The first-order valence-corrected chi connectivity index (χ1v) is 6.93. The van der Waals surface area contributed by atoms with E-state index in [0.717, 1.165) is 19.8 Å². The highest BCUT2D eigenvalue weighted by Crippen LogP contribution is 2.29. The molecular formula is C11H9BrOS2. The summed E-state index contributed by atoms with van der Waals surface area (Å²) in [5.41, 5.74) is 0.834. The molecular weight excluding hydrogens is 292 g/mol. The summed E-state index contributed by atoms with van der Waals surface area (Å²) in [6.45, 7) is 4.02. The van der Waals surface area contributed by atoms with Crippen molar-refractivity contribution in [1.29, 1.82) is 0 Å². The molecule has 0 saturated heterocycles. The maximum Gasteiger partial charge on any atom is 0.205 e. The monoisotopic (exact) mass is 300 g/mol. The summed E-state index contributed by atoms with van der Waals surface area (Å²) in [5.74, 6) is 0.124. The third-order valence-corrected chi connectivity index (χ3v) is 4.91. The lowest BCUT2D eigenvalue weighted by Crippen LogP contribution is -1.98. The number of ketones is 1. The van der Waals surface area contributed by atoms with Gasteiger partial charge in [-0.2, -0.15) is 0 Å². The Labute approximate surface area is 105 Å². The van der Waals surface area contributed by atoms with E-state index in [1.165, 1.54) is 16.2 Å². The van der Waals surface area contributed by atoms with Crippen molar-refractivity contribution in [3.05, 3.63) is 42.2 Å². The Morgan fingerprint density at radius 1 is 1.40 bits per heavy atom. The Balaban J connectivity index is 2.45. The average Bonchev–Trinajstić information content (AvgIpc) is 2.71. The van der Waals surface area contributed by atoms with Crippen LogP contribution in [0.3, 0.4) is 0 Å². The molecule has 0 aliphatic carbocycles. The normalized spacial score (nSPS) is 10.6. The first-order valence-electron chi connectivity index (χ1n) is 4.44. The quantitative estimate of drug-likeness (QED) is 0.750. The van der Waals surface area contributed by atoms with E-state index >= 15 is 0 Å². The molecule has 0 atom stereocenters. The lowest BCUT2D eigenvalue weighted by molar-refractivity contribution is 0.104. The van der Waals surface area contributed by atoms with Gasteiger partial charge in [-0.3, -0.25) is 4.79 Å². The molecule has 2 aromatic rings. The summed E-state index contributed by atoms with van der Waals surface area (Å²) >= 11 is 6.54. The zero-order valence-electron chi connectivity index (χ0n) is 8.33. The van der Waals surface area contributed by atoms with E-state index in [4.69, 9.17) is 0 Å². The highest BCUT2D eigenvalue weighted by molar-refractivity contribution is 9.10. The van der Waals surface area contributed by atoms with Crippen molar-refractivity contribution in [2.75, 3.05) is 0 Å². The number of rotatable bonds is 2. The molecule has 0 aromatic carbocycles. The van der Waals surface area contributed by atoms with Gasteiger partial charge >= 0.3 is 0 Å². The molecule has 0 radical (unpaired) electrons. The van der Waals surface area contributed by atoms with Crippen LogP contribution in [-0.4, -0.2) is 5.78 Å². The molecule has 0 N–H and O–H groups in total. The third-order valence-electron chi connectivity index (χ3n) is 2.11. The summed E-state index contributed by atoms with van der Waals surface area (Å²) in [7, 11) is 0. The zero-order chi connectivity index (χ0) is 11.0. The van der Waals surface area contributed by atoms with Crippen molar-refractivity contribution in [3.63, 3.8) is 0 Å². The van der Waals surface area contributed by atoms with Crippen LogP contribution in [0, 0.1) is 13.8 Å². The van der Waals surface area contributed by atoms with Crippen LogP contribution < -0.4 is 0 Å². The number of carbonyl (C=O) groups is 1. The number of carbonyl (C=O) groups excluding carboxylic acids is 1. The molecule has 0 aliphatic heterocycles. The minimum absolute atomic E-state index is 0.124. The number of aryl methyl sites for hydroxylation is 2. The van der Waals surface area contributed by atoms with E-state index in [0.29, 0.717) is 0 Å². The lowest BCUT2D eigenvalue weighted by Gasteiger charge is -1.97. The van der Waals surface area contributed by atoms with Crippen LogP contribution in [0.25, 0.3) is 0 Å². The molecule has 0 spiro atoms. The third kappa shape index (κ3) is 2.07. The molecule has 0 unspecified atom stereocenters. The Morgan fingerprint density at radius 3 is 2.60 bits per heavy atom. The summed E-state index contributed by atoms with van der Waals surface area (Å²) < 4.78 is 0.890. The highest BCUT2D eigenvalue weighted by Gasteiger charge is 2.17. The van der Waals surface area contributed by atoms with E-state index in [1.807, 2.05) is 31.4 Å². The van der Waals surface area contributed by atoms with E-state index in [1.54, 1.807) is 11.3 Å². The van der Waals surface area contributed by atoms with Crippen molar-refractivity contribution in [2.24, 2.45) is 0 Å². The van der Waals surface area contributed by atoms with Crippen LogP contribution in [0.4, 0.5) is 0 Å². The van der Waals surface area contributed by atoms with Crippen molar-refractivity contribution in [2.45, 2.75) is 13.8 Å². The van der Waals surface area contributed by atoms with Gasteiger partial charge in [-0.25, -0.2) is 0 Å². The summed E-state index contributed by atoms with van der Waals surface area (Å²) in [4.78, 5) is 15.2. The largest absolute Gasteiger partial charge is 0.288 e. The Morgan fingerprint density at radius 2 is 2.13 bits per heavy atom. The predicted octanol–water partition coefficient (Wildman–Crippen LogP) is 4.42. The van der Waals surface area contributed by atoms with Crippen molar-refractivity contribution in [3.8, 4) is 0 Å². The van der Waals surface area contributed by atoms with E-state index in [9.17, 15) is 4.79 Å². The van der Waals surface area contributed by atoms with Gasteiger partial charge in [0, 0.05) is 19.8 Å². The highest BCUT2D eigenvalue weighted by atomic mass is 79.9. The van der Waals surface area contributed by atoms with Crippen LogP contribution in [0.5, 0.6) is 0 Å². The van der Waals surface area contributed by atoms with Gasteiger partial charge in [0.1, 0.15) is 0 Å².